The van der Waals surface area contributed by atoms with E-state index >= 15 is 0 Å². The van der Waals surface area contributed by atoms with Gasteiger partial charge in [-0.3, -0.25) is 4.79 Å². The van der Waals surface area contributed by atoms with Crippen molar-refractivity contribution in [2.75, 3.05) is 0 Å². The minimum atomic E-state index is -0.117. The zero-order chi connectivity index (χ0) is 11.4. The van der Waals surface area contributed by atoms with Gasteiger partial charge in [0.15, 0.2) is 0 Å². The van der Waals surface area contributed by atoms with E-state index in [0.29, 0.717) is 5.92 Å². The number of carbonyl (C=O) groups is 1. The number of carbonyl (C=O) groups excluding carboxylic acids is 1. The van der Waals surface area contributed by atoms with Gasteiger partial charge in [-0.15, -0.1) is 0 Å². The quantitative estimate of drug-likeness (QED) is 0.666. The monoisotopic (exact) mass is 208 g/mol. The molecule has 2 nitrogen and oxygen atoms in total. The van der Waals surface area contributed by atoms with Gasteiger partial charge in [0.05, 0.1) is 5.92 Å². The van der Waals surface area contributed by atoms with Gasteiger partial charge in [-0.1, -0.05) is 33.4 Å². The molecule has 0 N–H and O–H groups in total. The lowest BCUT2D eigenvalue weighted by atomic mass is 9.88. The average Bonchev–Trinajstić information content (AvgIpc) is 2.16. The fraction of sp³-hybridized carbons (Fsp3) is 0.615. The summed E-state index contributed by atoms with van der Waals surface area (Å²) in [5.74, 6) is 0.393. The number of rotatable bonds is 3. The smallest absolute Gasteiger partial charge is 0.308 e. The normalized spacial score (nSPS) is 26.0. The molecule has 0 heterocycles. The summed E-state index contributed by atoms with van der Waals surface area (Å²) < 4.78 is 5.39. The van der Waals surface area contributed by atoms with Gasteiger partial charge in [-0.05, 0) is 30.4 Å². The van der Waals surface area contributed by atoms with E-state index in [1.54, 1.807) is 0 Å². The topological polar surface area (TPSA) is 26.3 Å². The minimum absolute atomic E-state index is 0.0530. The van der Waals surface area contributed by atoms with Crippen LogP contribution in [0.1, 0.15) is 33.6 Å². The van der Waals surface area contributed by atoms with Crippen LogP contribution >= 0.6 is 0 Å². The first-order chi connectivity index (χ1) is 7.02. The molecule has 1 aliphatic rings. The van der Waals surface area contributed by atoms with Crippen LogP contribution in [-0.2, 0) is 9.53 Å². The van der Waals surface area contributed by atoms with E-state index in [1.807, 2.05) is 26.0 Å². The zero-order valence-corrected chi connectivity index (χ0v) is 9.82. The Hall–Kier alpha value is -1.05. The van der Waals surface area contributed by atoms with Crippen LogP contribution in [0.3, 0.4) is 0 Å². The fourth-order valence-electron chi connectivity index (χ4n) is 1.78. The molecule has 1 rings (SSSR count). The Morgan fingerprint density at radius 1 is 1.67 bits per heavy atom. The summed E-state index contributed by atoms with van der Waals surface area (Å²) in [7, 11) is 0. The van der Waals surface area contributed by atoms with Gasteiger partial charge in [0, 0.05) is 0 Å². The van der Waals surface area contributed by atoms with Crippen molar-refractivity contribution in [3.8, 4) is 0 Å². The van der Waals surface area contributed by atoms with Gasteiger partial charge in [-0.25, -0.2) is 0 Å². The van der Waals surface area contributed by atoms with Crippen LogP contribution < -0.4 is 0 Å². The van der Waals surface area contributed by atoms with Crippen molar-refractivity contribution in [1.82, 2.24) is 0 Å². The van der Waals surface area contributed by atoms with Gasteiger partial charge in [0.1, 0.15) is 6.10 Å². The van der Waals surface area contributed by atoms with E-state index in [-0.39, 0.29) is 18.0 Å². The van der Waals surface area contributed by atoms with Crippen molar-refractivity contribution in [3.05, 3.63) is 24.3 Å². The second kappa shape index (κ2) is 5.15. The van der Waals surface area contributed by atoms with E-state index in [4.69, 9.17) is 4.74 Å². The van der Waals surface area contributed by atoms with Crippen LogP contribution in [0.4, 0.5) is 0 Å². The Kier molecular flexibility index (Phi) is 4.13. The molecular weight excluding hydrogens is 188 g/mol. The number of esters is 1. The Bertz CT molecular complexity index is 276. The second-order valence-electron chi connectivity index (χ2n) is 4.62. The van der Waals surface area contributed by atoms with E-state index in [9.17, 15) is 4.79 Å². The van der Waals surface area contributed by atoms with Crippen LogP contribution in [0.15, 0.2) is 24.3 Å². The molecule has 0 aromatic heterocycles. The second-order valence-corrected chi connectivity index (χ2v) is 4.62. The number of hydrogen-bond donors (Lipinski definition) is 0. The number of hydrogen-bond acceptors (Lipinski definition) is 2. The zero-order valence-electron chi connectivity index (χ0n) is 9.82. The lowest BCUT2D eigenvalue weighted by Crippen LogP contribution is -2.24. The standard InChI is InChI=1S/C13H20O2/c1-5-11-6-10(4)7-12(8-11)15-13(14)9(2)3/h5,8-10,12H,1,6-7H2,2-4H3/t10-,12-/m0/s1. The van der Waals surface area contributed by atoms with Crippen molar-refractivity contribution in [1.29, 1.82) is 0 Å². The molecule has 0 fully saturated rings. The molecule has 84 valence electrons. The SMILES string of the molecule is C=CC1=C[C@@H](OC(=O)C(C)C)C[C@@H](C)C1. The molecule has 0 unspecified atom stereocenters. The summed E-state index contributed by atoms with van der Waals surface area (Å²) in [6.45, 7) is 9.64. The molecular formula is C13H20O2. The summed E-state index contributed by atoms with van der Waals surface area (Å²) in [5.41, 5.74) is 1.19. The third kappa shape index (κ3) is 3.54. The van der Waals surface area contributed by atoms with E-state index in [2.05, 4.69) is 13.5 Å². The molecule has 0 aromatic rings. The van der Waals surface area contributed by atoms with Crippen LogP contribution in [0, 0.1) is 11.8 Å². The highest BCUT2D eigenvalue weighted by atomic mass is 16.5. The van der Waals surface area contributed by atoms with Gasteiger partial charge >= 0.3 is 5.97 Å². The van der Waals surface area contributed by atoms with Crippen molar-refractivity contribution >= 4 is 5.97 Å². The lowest BCUT2D eigenvalue weighted by Gasteiger charge is -2.25. The van der Waals surface area contributed by atoms with E-state index < -0.39 is 0 Å². The number of ether oxygens (including phenoxy) is 1. The van der Waals surface area contributed by atoms with E-state index in [0.717, 1.165) is 12.8 Å². The van der Waals surface area contributed by atoms with Crippen LogP contribution in [0.5, 0.6) is 0 Å². The van der Waals surface area contributed by atoms with Gasteiger partial charge < -0.3 is 4.74 Å². The summed E-state index contributed by atoms with van der Waals surface area (Å²) in [5, 5.41) is 0. The molecule has 0 saturated carbocycles. The lowest BCUT2D eigenvalue weighted by molar-refractivity contribution is -0.151. The molecule has 2 atom stereocenters. The van der Waals surface area contributed by atoms with Gasteiger partial charge in [0.25, 0.3) is 0 Å². The van der Waals surface area contributed by atoms with Gasteiger partial charge in [0.2, 0.25) is 0 Å². The first-order valence-electron chi connectivity index (χ1n) is 5.56. The van der Waals surface area contributed by atoms with Crippen LogP contribution in [-0.4, -0.2) is 12.1 Å². The predicted molar refractivity (Wildman–Crippen MR) is 61.4 cm³/mol. The Balaban J connectivity index is 2.62. The molecule has 15 heavy (non-hydrogen) atoms. The van der Waals surface area contributed by atoms with Crippen molar-refractivity contribution in [2.45, 2.75) is 39.7 Å². The van der Waals surface area contributed by atoms with Crippen LogP contribution in [0.2, 0.25) is 0 Å². The summed E-state index contributed by atoms with van der Waals surface area (Å²) in [4.78, 5) is 11.4. The molecule has 0 saturated heterocycles. The molecule has 0 amide bonds. The third-order valence-corrected chi connectivity index (χ3v) is 2.62. The summed E-state index contributed by atoms with van der Waals surface area (Å²) >= 11 is 0. The maximum absolute atomic E-state index is 11.4. The highest BCUT2D eigenvalue weighted by Crippen LogP contribution is 2.26. The largest absolute Gasteiger partial charge is 0.458 e. The third-order valence-electron chi connectivity index (χ3n) is 2.62. The predicted octanol–water partition coefficient (Wildman–Crippen LogP) is 3.10. The maximum atomic E-state index is 11.4. The van der Waals surface area contributed by atoms with Crippen molar-refractivity contribution in [2.24, 2.45) is 11.8 Å². The summed E-state index contributed by atoms with van der Waals surface area (Å²) in [6.07, 6.45) is 5.78. The molecule has 1 aliphatic carbocycles. The summed E-state index contributed by atoms with van der Waals surface area (Å²) in [6, 6.07) is 0. The highest BCUT2D eigenvalue weighted by Gasteiger charge is 2.22. The fourth-order valence-corrected chi connectivity index (χ4v) is 1.78. The molecule has 0 bridgehead atoms. The maximum Gasteiger partial charge on any atom is 0.308 e. The van der Waals surface area contributed by atoms with Crippen molar-refractivity contribution < 1.29 is 9.53 Å². The first-order valence-corrected chi connectivity index (χ1v) is 5.56. The Morgan fingerprint density at radius 3 is 2.87 bits per heavy atom. The van der Waals surface area contributed by atoms with Crippen LogP contribution in [0.25, 0.3) is 0 Å². The minimum Gasteiger partial charge on any atom is -0.458 e. The average molecular weight is 208 g/mol. The molecule has 2 heteroatoms. The molecule has 0 radical (unpaired) electrons. The number of allylic oxidation sites excluding steroid dienone is 2. The van der Waals surface area contributed by atoms with Crippen molar-refractivity contribution in [3.63, 3.8) is 0 Å². The molecule has 0 aromatic carbocycles. The van der Waals surface area contributed by atoms with Gasteiger partial charge in [-0.2, -0.15) is 0 Å². The Morgan fingerprint density at radius 2 is 2.33 bits per heavy atom. The Labute approximate surface area is 92.0 Å². The molecule has 0 aliphatic heterocycles. The highest BCUT2D eigenvalue weighted by molar-refractivity contribution is 5.71. The molecule has 0 spiro atoms. The van der Waals surface area contributed by atoms with E-state index in [1.165, 1.54) is 5.57 Å². The first kappa shape index (κ1) is 12.0.